The number of ether oxygens (including phenoxy) is 1. The van der Waals surface area contributed by atoms with Crippen LogP contribution in [0.1, 0.15) is 32.8 Å². The minimum atomic E-state index is -0.783. The van der Waals surface area contributed by atoms with Crippen LogP contribution in [-0.4, -0.2) is 34.8 Å². The van der Waals surface area contributed by atoms with Crippen LogP contribution < -0.4 is 5.32 Å². The summed E-state index contributed by atoms with van der Waals surface area (Å²) in [7, 11) is 0. The van der Waals surface area contributed by atoms with Crippen LogP contribution in [0.5, 0.6) is 0 Å². The van der Waals surface area contributed by atoms with Gasteiger partial charge in [0.05, 0.1) is 12.1 Å². The van der Waals surface area contributed by atoms with Gasteiger partial charge in [-0.3, -0.25) is 0 Å². The van der Waals surface area contributed by atoms with Crippen LogP contribution in [0.15, 0.2) is 42.5 Å². The highest BCUT2D eigenvalue weighted by molar-refractivity contribution is 6.19. The lowest BCUT2D eigenvalue weighted by molar-refractivity contribution is 0.0422. The van der Waals surface area contributed by atoms with Gasteiger partial charge in [-0.15, -0.1) is 11.6 Å². The monoisotopic (exact) mass is 339 g/mol. The van der Waals surface area contributed by atoms with E-state index in [-0.39, 0.29) is 5.88 Å². The van der Waals surface area contributed by atoms with Gasteiger partial charge >= 0.3 is 6.09 Å². The largest absolute Gasteiger partial charge is 0.444 e. The van der Waals surface area contributed by atoms with Gasteiger partial charge in [-0.2, -0.15) is 0 Å². The first-order valence-electron chi connectivity index (χ1n) is 7.65. The predicted octanol–water partition coefficient (Wildman–Crippen LogP) is 3.67. The SMILES string of the molecule is C=C(CCl)C[C@H](O)[C@H](Cc1ccccc1)NC(=O)OC(C)(C)C. The van der Waals surface area contributed by atoms with Crippen molar-refractivity contribution >= 4 is 17.7 Å². The van der Waals surface area contributed by atoms with Crippen molar-refractivity contribution in [2.45, 2.75) is 51.4 Å². The Morgan fingerprint density at radius 3 is 2.48 bits per heavy atom. The van der Waals surface area contributed by atoms with Gasteiger partial charge in [-0.05, 0) is 39.2 Å². The smallest absolute Gasteiger partial charge is 0.407 e. The molecule has 4 nitrogen and oxygen atoms in total. The fraction of sp³-hybridized carbons (Fsp3) is 0.500. The Hall–Kier alpha value is -1.52. The van der Waals surface area contributed by atoms with Crippen LogP contribution in [-0.2, 0) is 11.2 Å². The number of amides is 1. The molecule has 5 heteroatoms. The summed E-state index contributed by atoms with van der Waals surface area (Å²) < 4.78 is 5.28. The Kier molecular flexibility index (Phi) is 7.59. The molecule has 1 rings (SSSR count). The van der Waals surface area contributed by atoms with E-state index in [9.17, 15) is 9.90 Å². The van der Waals surface area contributed by atoms with Gasteiger partial charge in [-0.25, -0.2) is 4.79 Å². The molecule has 2 atom stereocenters. The number of alkyl halides is 1. The highest BCUT2D eigenvalue weighted by Crippen LogP contribution is 2.14. The van der Waals surface area contributed by atoms with E-state index >= 15 is 0 Å². The molecule has 2 N–H and O–H groups in total. The zero-order chi connectivity index (χ0) is 17.5. The summed E-state index contributed by atoms with van der Waals surface area (Å²) in [6.07, 6.45) is -0.504. The Labute approximate surface area is 143 Å². The molecule has 23 heavy (non-hydrogen) atoms. The van der Waals surface area contributed by atoms with E-state index in [1.807, 2.05) is 30.3 Å². The van der Waals surface area contributed by atoms with Gasteiger partial charge < -0.3 is 15.2 Å². The van der Waals surface area contributed by atoms with E-state index in [0.29, 0.717) is 12.8 Å². The Balaban J connectivity index is 2.79. The maximum Gasteiger partial charge on any atom is 0.407 e. The van der Waals surface area contributed by atoms with Gasteiger partial charge in [-0.1, -0.05) is 42.5 Å². The van der Waals surface area contributed by atoms with Crippen molar-refractivity contribution in [2.24, 2.45) is 0 Å². The van der Waals surface area contributed by atoms with Crippen LogP contribution in [0, 0.1) is 0 Å². The summed E-state index contributed by atoms with van der Waals surface area (Å²) in [5.74, 6) is 0.279. The summed E-state index contributed by atoms with van der Waals surface area (Å²) >= 11 is 5.73. The Bertz CT molecular complexity index is 511. The molecule has 0 saturated carbocycles. The highest BCUT2D eigenvalue weighted by atomic mass is 35.5. The third-order valence-corrected chi connectivity index (χ3v) is 3.53. The zero-order valence-corrected chi connectivity index (χ0v) is 14.8. The van der Waals surface area contributed by atoms with Gasteiger partial charge in [0.15, 0.2) is 0 Å². The van der Waals surface area contributed by atoms with Crippen molar-refractivity contribution in [2.75, 3.05) is 5.88 Å². The molecule has 0 aromatic heterocycles. The predicted molar refractivity (Wildman–Crippen MR) is 93.8 cm³/mol. The van der Waals surface area contributed by atoms with E-state index in [1.54, 1.807) is 20.8 Å². The second kappa shape index (κ2) is 8.94. The first-order chi connectivity index (χ1) is 10.7. The molecule has 128 valence electrons. The molecule has 1 amide bonds. The summed E-state index contributed by atoms with van der Waals surface area (Å²) in [6, 6.07) is 9.19. The Morgan fingerprint density at radius 2 is 1.96 bits per heavy atom. The first kappa shape index (κ1) is 19.5. The molecule has 1 aromatic carbocycles. The fourth-order valence-electron chi connectivity index (χ4n) is 2.10. The lowest BCUT2D eigenvalue weighted by Crippen LogP contribution is -2.46. The molecule has 0 heterocycles. The lowest BCUT2D eigenvalue weighted by atomic mass is 9.97. The number of benzene rings is 1. The molecule has 0 spiro atoms. The fourth-order valence-corrected chi connectivity index (χ4v) is 2.21. The van der Waals surface area contributed by atoms with Crippen LogP contribution in [0.25, 0.3) is 0 Å². The number of hydrogen-bond donors (Lipinski definition) is 2. The third-order valence-electron chi connectivity index (χ3n) is 3.15. The normalized spacial score (nSPS) is 14.0. The van der Waals surface area contributed by atoms with E-state index in [4.69, 9.17) is 16.3 Å². The van der Waals surface area contributed by atoms with E-state index < -0.39 is 23.8 Å². The molecular weight excluding hydrogens is 314 g/mol. The first-order valence-corrected chi connectivity index (χ1v) is 8.19. The second-order valence-corrected chi connectivity index (χ2v) is 6.86. The number of nitrogens with one attached hydrogen (secondary N) is 1. The van der Waals surface area contributed by atoms with Crippen LogP contribution in [0.2, 0.25) is 0 Å². The average molecular weight is 340 g/mol. The van der Waals surface area contributed by atoms with E-state index in [1.165, 1.54) is 0 Å². The van der Waals surface area contributed by atoms with Crippen molar-refractivity contribution in [3.8, 4) is 0 Å². The number of aliphatic hydroxyl groups is 1. The molecule has 0 bridgehead atoms. The number of carbonyl (C=O) groups excluding carboxylic acids is 1. The average Bonchev–Trinajstić information content (AvgIpc) is 2.45. The molecule has 0 fully saturated rings. The lowest BCUT2D eigenvalue weighted by Gasteiger charge is -2.27. The van der Waals surface area contributed by atoms with Crippen molar-refractivity contribution in [3.05, 3.63) is 48.0 Å². The molecule has 0 aliphatic heterocycles. The zero-order valence-electron chi connectivity index (χ0n) is 14.0. The van der Waals surface area contributed by atoms with E-state index in [2.05, 4.69) is 11.9 Å². The van der Waals surface area contributed by atoms with E-state index in [0.717, 1.165) is 11.1 Å². The van der Waals surface area contributed by atoms with Crippen LogP contribution in [0.3, 0.4) is 0 Å². The van der Waals surface area contributed by atoms with Gasteiger partial charge in [0, 0.05) is 5.88 Å². The van der Waals surface area contributed by atoms with Crippen LogP contribution in [0.4, 0.5) is 4.79 Å². The number of halogens is 1. The number of alkyl carbamates (subject to hydrolysis) is 1. The topological polar surface area (TPSA) is 58.6 Å². The standard InChI is InChI=1S/C18H26ClNO3/c1-13(12-19)10-16(21)15(11-14-8-6-5-7-9-14)20-17(22)23-18(2,3)4/h5-9,15-16,21H,1,10-12H2,2-4H3,(H,20,22)/t15-,16-/m0/s1. The molecule has 0 saturated heterocycles. The van der Waals surface area contributed by atoms with Crippen molar-refractivity contribution in [1.29, 1.82) is 0 Å². The van der Waals surface area contributed by atoms with Crippen molar-refractivity contribution in [3.63, 3.8) is 0 Å². The minimum Gasteiger partial charge on any atom is -0.444 e. The van der Waals surface area contributed by atoms with Gasteiger partial charge in [0.25, 0.3) is 0 Å². The number of rotatable bonds is 7. The summed E-state index contributed by atoms with van der Waals surface area (Å²) in [4.78, 5) is 12.0. The molecule has 1 aromatic rings. The Morgan fingerprint density at radius 1 is 1.35 bits per heavy atom. The summed E-state index contributed by atoms with van der Waals surface area (Å²) in [5, 5.41) is 13.2. The highest BCUT2D eigenvalue weighted by Gasteiger charge is 2.25. The molecular formula is C18H26ClNO3. The maximum atomic E-state index is 12.0. The molecule has 0 unspecified atom stereocenters. The van der Waals surface area contributed by atoms with Gasteiger partial charge in [0.1, 0.15) is 5.60 Å². The van der Waals surface area contributed by atoms with Gasteiger partial charge in [0.2, 0.25) is 0 Å². The molecule has 0 aliphatic rings. The maximum absolute atomic E-state index is 12.0. The number of aliphatic hydroxyl groups excluding tert-OH is 1. The number of carbonyl (C=O) groups is 1. The summed E-state index contributed by atoms with van der Waals surface area (Å²) in [5.41, 5.74) is 1.15. The van der Waals surface area contributed by atoms with Crippen molar-refractivity contribution < 1.29 is 14.6 Å². The summed E-state index contributed by atoms with van der Waals surface area (Å²) in [6.45, 7) is 9.19. The minimum absolute atomic E-state index is 0.279. The second-order valence-electron chi connectivity index (χ2n) is 6.60. The quantitative estimate of drug-likeness (QED) is 0.588. The van der Waals surface area contributed by atoms with Crippen molar-refractivity contribution in [1.82, 2.24) is 5.32 Å². The van der Waals surface area contributed by atoms with Crippen LogP contribution >= 0.6 is 11.6 Å². The number of hydrogen-bond acceptors (Lipinski definition) is 3. The molecule has 0 aliphatic carbocycles. The third kappa shape index (κ3) is 8.05. The molecule has 0 radical (unpaired) electrons.